The summed E-state index contributed by atoms with van der Waals surface area (Å²) in [5.74, 6) is -2.75. The minimum absolute atomic E-state index is 0.0997. The third-order valence-electron chi connectivity index (χ3n) is 3.39. The molecule has 0 aliphatic rings. The molecule has 1 heterocycles. The topological polar surface area (TPSA) is 84.5 Å². The normalized spacial score (nSPS) is 10.4. The van der Waals surface area contributed by atoms with Gasteiger partial charge in [0, 0.05) is 4.70 Å². The fraction of sp³-hybridized carbons (Fsp3) is 0.0556. The third-order valence-corrected chi connectivity index (χ3v) is 4.49. The fourth-order valence-corrected chi connectivity index (χ4v) is 3.13. The molecule has 0 aliphatic carbocycles. The second-order valence-corrected chi connectivity index (χ2v) is 6.43. The van der Waals surface area contributed by atoms with E-state index in [1.54, 1.807) is 0 Å². The number of esters is 1. The van der Waals surface area contributed by atoms with Crippen LogP contribution in [-0.2, 0) is 9.53 Å². The summed E-state index contributed by atoms with van der Waals surface area (Å²) in [6.07, 6.45) is 0. The van der Waals surface area contributed by atoms with Gasteiger partial charge < -0.3 is 10.1 Å². The number of imide groups is 1. The molecule has 0 unspecified atom stereocenters. The van der Waals surface area contributed by atoms with Crippen LogP contribution in [0, 0.1) is 11.6 Å². The van der Waals surface area contributed by atoms with Crippen molar-refractivity contribution in [3.8, 4) is 0 Å². The van der Waals surface area contributed by atoms with Crippen LogP contribution in [0.25, 0.3) is 10.1 Å². The monoisotopic (exact) mass is 390 g/mol. The number of fused-ring (bicyclic) bond motifs is 1. The lowest BCUT2D eigenvalue weighted by Crippen LogP contribution is -2.37. The van der Waals surface area contributed by atoms with Crippen LogP contribution in [0.1, 0.15) is 9.67 Å². The molecule has 3 aromatic rings. The highest BCUT2D eigenvalue weighted by Crippen LogP contribution is 2.26. The highest BCUT2D eigenvalue weighted by Gasteiger charge is 2.16. The lowest BCUT2D eigenvalue weighted by atomic mass is 10.2. The number of urea groups is 1. The van der Waals surface area contributed by atoms with Crippen LogP contribution < -0.4 is 10.6 Å². The van der Waals surface area contributed by atoms with Crippen LogP contribution in [0.15, 0.2) is 48.5 Å². The fourth-order valence-electron chi connectivity index (χ4n) is 2.20. The van der Waals surface area contributed by atoms with Gasteiger partial charge in [-0.2, -0.15) is 0 Å². The van der Waals surface area contributed by atoms with Crippen LogP contribution >= 0.6 is 11.3 Å². The molecule has 0 aliphatic heterocycles. The van der Waals surface area contributed by atoms with Crippen molar-refractivity contribution in [2.24, 2.45) is 0 Å². The third kappa shape index (κ3) is 4.64. The van der Waals surface area contributed by atoms with E-state index < -0.39 is 36.1 Å². The summed E-state index contributed by atoms with van der Waals surface area (Å²) in [6, 6.07) is 10.0. The van der Waals surface area contributed by atoms with Gasteiger partial charge in [0.15, 0.2) is 6.61 Å². The quantitative estimate of drug-likeness (QED) is 0.666. The molecule has 0 radical (unpaired) electrons. The smallest absolute Gasteiger partial charge is 0.348 e. The number of benzene rings is 2. The summed E-state index contributed by atoms with van der Waals surface area (Å²) in [7, 11) is 0. The Morgan fingerprint density at radius 2 is 1.81 bits per heavy atom. The van der Waals surface area contributed by atoms with Crippen molar-refractivity contribution in [2.45, 2.75) is 0 Å². The largest absolute Gasteiger partial charge is 0.451 e. The van der Waals surface area contributed by atoms with Crippen molar-refractivity contribution in [1.82, 2.24) is 5.32 Å². The van der Waals surface area contributed by atoms with E-state index in [-0.39, 0.29) is 10.6 Å². The summed E-state index contributed by atoms with van der Waals surface area (Å²) in [6.45, 7) is -0.702. The maximum Gasteiger partial charge on any atom is 0.348 e. The number of carbonyl (C=O) groups is 3. The summed E-state index contributed by atoms with van der Waals surface area (Å²) in [5.41, 5.74) is -0.0997. The van der Waals surface area contributed by atoms with Crippen molar-refractivity contribution in [1.29, 1.82) is 0 Å². The lowest BCUT2D eigenvalue weighted by molar-refractivity contribution is -0.123. The van der Waals surface area contributed by atoms with Crippen LogP contribution in [0.4, 0.5) is 19.3 Å². The number of hydrogen-bond acceptors (Lipinski definition) is 5. The number of ether oxygens (including phenoxy) is 1. The highest BCUT2D eigenvalue weighted by atomic mass is 32.1. The first-order valence-corrected chi connectivity index (χ1v) is 8.45. The van der Waals surface area contributed by atoms with Gasteiger partial charge in [0.1, 0.15) is 16.5 Å². The van der Waals surface area contributed by atoms with Crippen LogP contribution in [0.5, 0.6) is 0 Å². The standard InChI is InChI=1S/C18H12F2N2O4S/c19-11-5-6-14-10(7-11)8-15(27-14)17(24)26-9-16(23)22-18(25)21-13-4-2-1-3-12(13)20/h1-8H,9H2,(H2,21,22,23,25). The molecular formula is C18H12F2N2O4S. The number of para-hydroxylation sites is 1. The zero-order chi connectivity index (χ0) is 19.4. The van der Waals surface area contributed by atoms with Crippen molar-refractivity contribution in [3.05, 3.63) is 65.0 Å². The zero-order valence-electron chi connectivity index (χ0n) is 13.6. The molecule has 138 valence electrons. The van der Waals surface area contributed by atoms with Gasteiger partial charge in [-0.15, -0.1) is 11.3 Å². The average molecular weight is 390 g/mol. The van der Waals surface area contributed by atoms with Crippen molar-refractivity contribution in [3.63, 3.8) is 0 Å². The predicted molar refractivity (Wildman–Crippen MR) is 95.6 cm³/mol. The van der Waals surface area contributed by atoms with Crippen molar-refractivity contribution < 1.29 is 27.9 Å². The predicted octanol–water partition coefficient (Wildman–Crippen LogP) is 3.68. The number of nitrogens with one attached hydrogen (secondary N) is 2. The first kappa shape index (κ1) is 18.5. The molecule has 6 nitrogen and oxygen atoms in total. The number of rotatable bonds is 4. The molecule has 0 fully saturated rings. The van der Waals surface area contributed by atoms with Crippen molar-refractivity contribution in [2.75, 3.05) is 11.9 Å². The Balaban J connectivity index is 1.52. The Kier molecular flexibility index (Phi) is 5.41. The summed E-state index contributed by atoms with van der Waals surface area (Å²) < 4.78 is 32.1. The molecule has 0 atom stereocenters. The number of amides is 3. The molecule has 0 saturated carbocycles. The number of hydrogen-bond donors (Lipinski definition) is 2. The van der Waals surface area contributed by atoms with Crippen LogP contribution in [-0.4, -0.2) is 24.5 Å². The van der Waals surface area contributed by atoms with Crippen LogP contribution in [0.3, 0.4) is 0 Å². The molecule has 9 heteroatoms. The first-order chi connectivity index (χ1) is 12.9. The molecule has 3 amide bonds. The maximum absolute atomic E-state index is 13.4. The molecule has 1 aromatic heterocycles. The van der Waals surface area contributed by atoms with Gasteiger partial charge in [-0.05, 0) is 41.8 Å². The number of thiophene rings is 1. The van der Waals surface area contributed by atoms with E-state index >= 15 is 0 Å². The maximum atomic E-state index is 13.4. The van der Waals surface area contributed by atoms with E-state index in [0.29, 0.717) is 10.1 Å². The van der Waals surface area contributed by atoms with Gasteiger partial charge in [0.2, 0.25) is 0 Å². The van der Waals surface area contributed by atoms with E-state index in [2.05, 4.69) is 5.32 Å². The molecule has 3 rings (SSSR count). The molecular weight excluding hydrogens is 378 g/mol. The number of anilines is 1. The van der Waals surface area contributed by atoms with E-state index in [1.165, 1.54) is 42.5 Å². The van der Waals surface area contributed by atoms with Gasteiger partial charge >= 0.3 is 12.0 Å². The van der Waals surface area contributed by atoms with E-state index in [1.807, 2.05) is 5.32 Å². The van der Waals surface area contributed by atoms with Gasteiger partial charge in [-0.3, -0.25) is 10.1 Å². The SMILES string of the molecule is O=C(COC(=O)c1cc2cc(F)ccc2s1)NC(=O)Nc1ccccc1F. The van der Waals surface area contributed by atoms with Gasteiger partial charge in [-0.1, -0.05) is 12.1 Å². The van der Waals surface area contributed by atoms with Gasteiger partial charge in [0.05, 0.1) is 5.69 Å². The Bertz CT molecular complexity index is 1040. The summed E-state index contributed by atoms with van der Waals surface area (Å²) >= 11 is 1.09. The van der Waals surface area contributed by atoms with Crippen LogP contribution in [0.2, 0.25) is 0 Å². The number of halogens is 2. The number of carbonyl (C=O) groups excluding carboxylic acids is 3. The van der Waals surface area contributed by atoms with Gasteiger partial charge in [0.25, 0.3) is 5.91 Å². The highest BCUT2D eigenvalue weighted by molar-refractivity contribution is 7.20. The summed E-state index contributed by atoms with van der Waals surface area (Å²) in [5, 5.41) is 4.62. The Labute approximate surface area is 155 Å². The van der Waals surface area contributed by atoms with Gasteiger partial charge in [-0.25, -0.2) is 18.4 Å². The van der Waals surface area contributed by atoms with E-state index in [0.717, 1.165) is 17.4 Å². The molecule has 2 N–H and O–H groups in total. The van der Waals surface area contributed by atoms with Crippen molar-refractivity contribution >= 4 is 45.0 Å². The molecule has 27 heavy (non-hydrogen) atoms. The molecule has 0 spiro atoms. The Morgan fingerprint density at radius 3 is 2.59 bits per heavy atom. The zero-order valence-corrected chi connectivity index (χ0v) is 14.4. The molecule has 0 bridgehead atoms. The molecule has 2 aromatic carbocycles. The minimum atomic E-state index is -0.960. The van der Waals surface area contributed by atoms with E-state index in [4.69, 9.17) is 4.74 Å². The second kappa shape index (κ2) is 7.92. The first-order valence-electron chi connectivity index (χ1n) is 7.64. The Morgan fingerprint density at radius 1 is 1.04 bits per heavy atom. The Hall–Kier alpha value is -3.33. The minimum Gasteiger partial charge on any atom is -0.451 e. The molecule has 0 saturated heterocycles. The van der Waals surface area contributed by atoms with E-state index in [9.17, 15) is 23.2 Å². The average Bonchev–Trinajstić information content (AvgIpc) is 3.04. The second-order valence-electron chi connectivity index (χ2n) is 5.35. The summed E-state index contributed by atoms with van der Waals surface area (Å²) in [4.78, 5) is 35.5. The lowest BCUT2D eigenvalue weighted by Gasteiger charge is -2.07.